The van der Waals surface area contributed by atoms with Crippen molar-refractivity contribution in [3.63, 3.8) is 0 Å². The Morgan fingerprint density at radius 1 is 1.16 bits per heavy atom. The van der Waals surface area contributed by atoms with Crippen molar-refractivity contribution in [1.82, 2.24) is 19.4 Å². The Kier molecular flexibility index (Phi) is 4.76. The van der Waals surface area contributed by atoms with Crippen LogP contribution in [0.2, 0.25) is 0 Å². The Hall–Kier alpha value is -0.720. The number of aryl methyl sites for hydroxylation is 1. The van der Waals surface area contributed by atoms with E-state index in [1.165, 1.54) is 0 Å². The lowest BCUT2D eigenvalue weighted by Crippen LogP contribution is -2.46. The lowest BCUT2D eigenvalue weighted by atomic mass is 10.3. The average Bonchev–Trinajstić information content (AvgIpc) is 2.38. The van der Waals surface area contributed by atoms with Crippen LogP contribution in [0.15, 0.2) is 9.27 Å². The minimum atomic E-state index is -0.146. The van der Waals surface area contributed by atoms with E-state index < -0.39 is 0 Å². The fourth-order valence-electron chi connectivity index (χ4n) is 2.35. The Morgan fingerprint density at radius 2 is 1.79 bits per heavy atom. The number of halogens is 1. The van der Waals surface area contributed by atoms with Crippen LogP contribution < -0.4 is 5.69 Å². The fourth-order valence-corrected chi connectivity index (χ4v) is 2.66. The maximum absolute atomic E-state index is 11.9. The van der Waals surface area contributed by atoms with Crippen LogP contribution in [0.4, 0.5) is 0 Å². The second kappa shape index (κ2) is 6.15. The molecule has 1 saturated heterocycles. The molecule has 1 aliphatic rings. The van der Waals surface area contributed by atoms with E-state index in [1.54, 1.807) is 4.57 Å². The summed E-state index contributed by atoms with van der Waals surface area (Å²) in [6.07, 6.45) is 0. The third-order valence-corrected chi connectivity index (χ3v) is 4.92. The monoisotopic (exact) mass is 328 g/mol. The summed E-state index contributed by atoms with van der Waals surface area (Å²) in [5, 5.41) is 0. The molecule has 0 spiro atoms. The molecule has 2 rings (SSSR count). The van der Waals surface area contributed by atoms with Crippen molar-refractivity contribution in [2.24, 2.45) is 0 Å². The van der Waals surface area contributed by atoms with E-state index in [0.29, 0.717) is 6.54 Å². The molecule has 0 radical (unpaired) electrons. The van der Waals surface area contributed by atoms with Gasteiger partial charge in [0.25, 0.3) is 0 Å². The summed E-state index contributed by atoms with van der Waals surface area (Å²) in [5.41, 5.74) is 1.58. The number of nitrogens with zero attached hydrogens (tertiary/aromatic N) is 4. The highest BCUT2D eigenvalue weighted by molar-refractivity contribution is 9.10. The van der Waals surface area contributed by atoms with Gasteiger partial charge < -0.3 is 4.90 Å². The quantitative estimate of drug-likeness (QED) is 0.825. The molecule has 0 saturated carbocycles. The van der Waals surface area contributed by atoms with Gasteiger partial charge >= 0.3 is 5.69 Å². The first-order chi connectivity index (χ1) is 8.99. The predicted molar refractivity (Wildman–Crippen MR) is 79.6 cm³/mol. The predicted octanol–water partition coefficient (Wildman–Crippen LogP) is 0.870. The summed E-state index contributed by atoms with van der Waals surface area (Å²) in [7, 11) is 2.15. The smallest absolute Gasteiger partial charge is 0.304 e. The zero-order chi connectivity index (χ0) is 14.0. The zero-order valence-corrected chi connectivity index (χ0v) is 13.4. The summed E-state index contributed by atoms with van der Waals surface area (Å²) >= 11 is 3.50. The van der Waals surface area contributed by atoms with Crippen LogP contribution in [0.25, 0.3) is 0 Å². The molecule has 2 heterocycles. The molecule has 1 aromatic rings. The van der Waals surface area contributed by atoms with Gasteiger partial charge in [0, 0.05) is 45.0 Å². The Morgan fingerprint density at radius 3 is 2.42 bits per heavy atom. The number of hydrogen-bond acceptors (Lipinski definition) is 4. The summed E-state index contributed by atoms with van der Waals surface area (Å²) in [6.45, 7) is 9.78. The number of likely N-dealkylation sites (N-methyl/N-ethyl adjacent to an activating group) is 1. The van der Waals surface area contributed by atoms with Crippen LogP contribution in [0.3, 0.4) is 0 Å². The first-order valence-corrected chi connectivity index (χ1v) is 7.43. The van der Waals surface area contributed by atoms with Gasteiger partial charge in [-0.25, -0.2) is 4.79 Å². The zero-order valence-electron chi connectivity index (χ0n) is 11.8. The summed E-state index contributed by atoms with van der Waals surface area (Å²) in [6, 6.07) is 0. The van der Waals surface area contributed by atoms with Crippen molar-refractivity contribution in [3.05, 3.63) is 26.3 Å². The number of hydrogen-bond donors (Lipinski definition) is 0. The minimum absolute atomic E-state index is 0.146. The van der Waals surface area contributed by atoms with Crippen LogP contribution in [0, 0.1) is 13.8 Å². The second-order valence-electron chi connectivity index (χ2n) is 5.18. The van der Waals surface area contributed by atoms with E-state index in [1.807, 2.05) is 13.8 Å². The molecule has 0 aliphatic carbocycles. The highest BCUT2D eigenvalue weighted by Crippen LogP contribution is 2.16. The lowest BCUT2D eigenvalue weighted by molar-refractivity contribution is 0.149. The van der Waals surface area contributed by atoms with E-state index in [0.717, 1.165) is 48.6 Å². The maximum Gasteiger partial charge on any atom is 0.348 e. The van der Waals surface area contributed by atoms with Gasteiger partial charge in [-0.15, -0.1) is 0 Å². The Bertz CT molecular complexity index is 506. The molecule has 5 nitrogen and oxygen atoms in total. The van der Waals surface area contributed by atoms with E-state index in [9.17, 15) is 4.79 Å². The summed E-state index contributed by atoms with van der Waals surface area (Å²) in [5.74, 6) is 0. The molecule has 0 bridgehead atoms. The van der Waals surface area contributed by atoms with Crippen molar-refractivity contribution in [2.75, 3.05) is 39.8 Å². The third-order valence-electron chi connectivity index (χ3n) is 3.77. The standard InChI is InChI=1S/C13H21BrN4O/c1-10-12(14)11(2)18(13(19)15-10)9-8-17-6-4-16(3)5-7-17/h4-9H2,1-3H3. The van der Waals surface area contributed by atoms with E-state index in [4.69, 9.17) is 0 Å². The van der Waals surface area contributed by atoms with Gasteiger partial charge in [-0.2, -0.15) is 4.98 Å². The van der Waals surface area contributed by atoms with Gasteiger partial charge in [-0.3, -0.25) is 9.47 Å². The van der Waals surface area contributed by atoms with Crippen LogP contribution in [-0.2, 0) is 6.54 Å². The van der Waals surface area contributed by atoms with Gasteiger partial charge in [-0.1, -0.05) is 0 Å². The molecule has 1 aliphatic heterocycles. The molecular formula is C13H21BrN4O. The highest BCUT2D eigenvalue weighted by atomic mass is 79.9. The molecular weight excluding hydrogens is 308 g/mol. The van der Waals surface area contributed by atoms with Crippen LogP contribution in [0.1, 0.15) is 11.4 Å². The van der Waals surface area contributed by atoms with Crippen LogP contribution in [0.5, 0.6) is 0 Å². The number of aromatic nitrogens is 2. The molecule has 0 amide bonds. The highest BCUT2D eigenvalue weighted by Gasteiger charge is 2.15. The lowest BCUT2D eigenvalue weighted by Gasteiger charge is -2.32. The molecule has 0 aromatic carbocycles. The van der Waals surface area contributed by atoms with Gasteiger partial charge in [0.2, 0.25) is 0 Å². The second-order valence-corrected chi connectivity index (χ2v) is 5.97. The van der Waals surface area contributed by atoms with Crippen molar-refractivity contribution >= 4 is 15.9 Å². The topological polar surface area (TPSA) is 41.4 Å². The number of rotatable bonds is 3. The minimum Gasteiger partial charge on any atom is -0.304 e. The van der Waals surface area contributed by atoms with Gasteiger partial charge in [0.1, 0.15) is 0 Å². The van der Waals surface area contributed by atoms with Crippen molar-refractivity contribution in [1.29, 1.82) is 0 Å². The molecule has 6 heteroatoms. The molecule has 1 fully saturated rings. The van der Waals surface area contributed by atoms with Gasteiger partial charge in [0.15, 0.2) is 0 Å². The third kappa shape index (κ3) is 3.43. The van der Waals surface area contributed by atoms with E-state index in [-0.39, 0.29) is 5.69 Å². The Balaban J connectivity index is 2.04. The van der Waals surface area contributed by atoms with Crippen LogP contribution >= 0.6 is 15.9 Å². The Labute approximate surface area is 122 Å². The SMILES string of the molecule is Cc1nc(=O)n(CCN2CCN(C)CC2)c(C)c1Br. The van der Waals surface area contributed by atoms with Crippen LogP contribution in [-0.4, -0.2) is 59.1 Å². The molecule has 0 atom stereocenters. The average molecular weight is 329 g/mol. The van der Waals surface area contributed by atoms with Gasteiger partial charge in [-0.05, 0) is 36.8 Å². The summed E-state index contributed by atoms with van der Waals surface area (Å²) in [4.78, 5) is 20.7. The number of piperazine rings is 1. The van der Waals surface area contributed by atoms with Crippen molar-refractivity contribution in [2.45, 2.75) is 20.4 Å². The molecule has 0 N–H and O–H groups in total. The first kappa shape index (κ1) is 14.7. The summed E-state index contributed by atoms with van der Waals surface area (Å²) < 4.78 is 2.69. The normalized spacial score (nSPS) is 17.9. The van der Waals surface area contributed by atoms with E-state index >= 15 is 0 Å². The molecule has 19 heavy (non-hydrogen) atoms. The molecule has 1 aromatic heterocycles. The maximum atomic E-state index is 11.9. The largest absolute Gasteiger partial charge is 0.348 e. The first-order valence-electron chi connectivity index (χ1n) is 6.63. The van der Waals surface area contributed by atoms with Crippen molar-refractivity contribution < 1.29 is 0 Å². The fraction of sp³-hybridized carbons (Fsp3) is 0.692. The van der Waals surface area contributed by atoms with Crippen molar-refractivity contribution in [3.8, 4) is 0 Å². The van der Waals surface area contributed by atoms with E-state index in [2.05, 4.69) is 37.8 Å². The van der Waals surface area contributed by atoms with Gasteiger partial charge in [0.05, 0.1) is 10.2 Å². The molecule has 0 unspecified atom stereocenters. The molecule has 106 valence electrons.